The number of carbonyl (C=O) groups is 2. The van der Waals surface area contributed by atoms with Gasteiger partial charge in [-0.1, -0.05) is 0 Å². The molecule has 0 saturated carbocycles. The van der Waals surface area contributed by atoms with Gasteiger partial charge < -0.3 is 9.47 Å². The molecule has 0 bridgehead atoms. The molecule has 1 heterocycles. The second-order valence-electron chi connectivity index (χ2n) is 3.40. The van der Waals surface area contributed by atoms with Gasteiger partial charge >= 0.3 is 11.9 Å². The summed E-state index contributed by atoms with van der Waals surface area (Å²) in [5.74, 6) is -0.257. The van der Waals surface area contributed by atoms with Crippen molar-refractivity contribution in [2.45, 2.75) is 6.92 Å². The number of ether oxygens (including phenoxy) is 2. The van der Waals surface area contributed by atoms with E-state index in [1.165, 1.54) is 25.4 Å². The van der Waals surface area contributed by atoms with Gasteiger partial charge in [0.25, 0.3) is 0 Å². The Morgan fingerprint density at radius 2 is 2.00 bits per heavy atom. The van der Waals surface area contributed by atoms with E-state index in [9.17, 15) is 9.59 Å². The zero-order chi connectivity index (χ0) is 12.4. The molecule has 0 atom stereocenters. The minimum absolute atomic E-state index is 0.361. The molecule has 0 aliphatic heterocycles. The van der Waals surface area contributed by atoms with Crippen molar-refractivity contribution in [2.75, 3.05) is 7.11 Å². The van der Waals surface area contributed by atoms with Gasteiger partial charge in [-0.25, -0.2) is 4.79 Å². The molecular formula is C12H10O4S. The number of esters is 2. The number of methoxy groups -OCH3 is 1. The fourth-order valence-electron chi connectivity index (χ4n) is 1.45. The number of hydrogen-bond acceptors (Lipinski definition) is 5. The number of rotatable bonds is 2. The standard InChI is InChI=1S/C12H10O4S/c1-7(13)16-9-3-4-10-8(5-9)6-11(17-10)12(14)15-2/h3-6H,1-2H3. The van der Waals surface area contributed by atoms with Crippen LogP contribution in [0.4, 0.5) is 0 Å². The smallest absolute Gasteiger partial charge is 0.348 e. The molecule has 2 aromatic rings. The Bertz CT molecular complexity index is 585. The zero-order valence-electron chi connectivity index (χ0n) is 9.35. The molecule has 0 amide bonds. The van der Waals surface area contributed by atoms with E-state index < -0.39 is 0 Å². The summed E-state index contributed by atoms with van der Waals surface area (Å²) < 4.78 is 10.6. The molecule has 0 saturated heterocycles. The summed E-state index contributed by atoms with van der Waals surface area (Å²) in [4.78, 5) is 22.7. The van der Waals surface area contributed by atoms with Gasteiger partial charge in [0, 0.05) is 11.6 Å². The zero-order valence-corrected chi connectivity index (χ0v) is 10.2. The molecule has 0 spiro atoms. The molecular weight excluding hydrogens is 240 g/mol. The van der Waals surface area contributed by atoms with Gasteiger partial charge in [-0.3, -0.25) is 4.79 Å². The fraction of sp³-hybridized carbons (Fsp3) is 0.167. The predicted molar refractivity (Wildman–Crippen MR) is 64.5 cm³/mol. The van der Waals surface area contributed by atoms with E-state index >= 15 is 0 Å². The molecule has 1 aromatic heterocycles. The van der Waals surface area contributed by atoms with E-state index in [4.69, 9.17) is 4.74 Å². The van der Waals surface area contributed by atoms with Crippen LogP contribution in [0, 0.1) is 0 Å². The Morgan fingerprint density at radius 1 is 1.24 bits per heavy atom. The lowest BCUT2D eigenvalue weighted by molar-refractivity contribution is -0.131. The minimum atomic E-state index is -0.368. The average Bonchev–Trinajstić information content (AvgIpc) is 2.70. The molecule has 0 unspecified atom stereocenters. The van der Waals surface area contributed by atoms with E-state index in [1.54, 1.807) is 18.2 Å². The van der Waals surface area contributed by atoms with E-state index in [2.05, 4.69) is 4.74 Å². The highest BCUT2D eigenvalue weighted by Crippen LogP contribution is 2.29. The lowest BCUT2D eigenvalue weighted by Gasteiger charge is -1.99. The van der Waals surface area contributed by atoms with Crippen LogP contribution in [0.5, 0.6) is 5.75 Å². The first-order valence-corrected chi connectivity index (χ1v) is 5.72. The van der Waals surface area contributed by atoms with Crippen LogP contribution in [0.3, 0.4) is 0 Å². The van der Waals surface area contributed by atoms with Crippen molar-refractivity contribution in [3.05, 3.63) is 29.1 Å². The van der Waals surface area contributed by atoms with Crippen LogP contribution in [0.1, 0.15) is 16.6 Å². The third kappa shape index (κ3) is 2.45. The summed E-state index contributed by atoms with van der Waals surface area (Å²) >= 11 is 1.34. The van der Waals surface area contributed by atoms with Crippen LogP contribution < -0.4 is 4.74 Å². The first kappa shape index (κ1) is 11.6. The number of benzene rings is 1. The van der Waals surface area contributed by atoms with Gasteiger partial charge in [0.15, 0.2) is 0 Å². The maximum absolute atomic E-state index is 11.3. The monoisotopic (exact) mass is 250 g/mol. The lowest BCUT2D eigenvalue weighted by Crippen LogP contribution is -2.00. The van der Waals surface area contributed by atoms with Crippen molar-refractivity contribution in [3.8, 4) is 5.75 Å². The molecule has 0 radical (unpaired) electrons. The maximum atomic E-state index is 11.3. The Kier molecular flexibility index (Phi) is 3.10. The second kappa shape index (κ2) is 4.55. The van der Waals surface area contributed by atoms with Gasteiger partial charge in [0.1, 0.15) is 10.6 Å². The Hall–Kier alpha value is -1.88. The Morgan fingerprint density at radius 3 is 2.65 bits per heavy atom. The first-order chi connectivity index (χ1) is 8.10. The van der Waals surface area contributed by atoms with Crippen LogP contribution in [0.25, 0.3) is 10.1 Å². The molecule has 2 rings (SSSR count). The van der Waals surface area contributed by atoms with E-state index in [0.717, 1.165) is 10.1 Å². The summed E-state index contributed by atoms with van der Waals surface area (Å²) in [5, 5.41) is 0.856. The topological polar surface area (TPSA) is 52.6 Å². The highest BCUT2D eigenvalue weighted by molar-refractivity contribution is 7.20. The Balaban J connectivity index is 2.40. The molecule has 0 N–H and O–H groups in total. The minimum Gasteiger partial charge on any atom is -0.465 e. The summed E-state index contributed by atoms with van der Waals surface area (Å²) in [6.45, 7) is 1.34. The van der Waals surface area contributed by atoms with Crippen LogP contribution in [0.2, 0.25) is 0 Å². The highest BCUT2D eigenvalue weighted by atomic mass is 32.1. The SMILES string of the molecule is COC(=O)c1cc2cc(OC(C)=O)ccc2s1. The van der Waals surface area contributed by atoms with Gasteiger partial charge in [-0.2, -0.15) is 0 Å². The summed E-state index contributed by atoms with van der Waals surface area (Å²) in [7, 11) is 1.34. The largest absolute Gasteiger partial charge is 0.465 e. The second-order valence-corrected chi connectivity index (χ2v) is 4.48. The van der Waals surface area contributed by atoms with Crippen molar-refractivity contribution in [3.63, 3.8) is 0 Å². The van der Waals surface area contributed by atoms with Crippen LogP contribution >= 0.6 is 11.3 Å². The van der Waals surface area contributed by atoms with Gasteiger partial charge in [-0.15, -0.1) is 11.3 Å². The third-order valence-electron chi connectivity index (χ3n) is 2.14. The number of thiophene rings is 1. The summed E-state index contributed by atoms with van der Waals surface area (Å²) in [6, 6.07) is 6.95. The fourth-order valence-corrected chi connectivity index (χ4v) is 2.41. The molecule has 17 heavy (non-hydrogen) atoms. The molecule has 88 valence electrons. The van der Waals surface area contributed by atoms with E-state index in [-0.39, 0.29) is 11.9 Å². The third-order valence-corrected chi connectivity index (χ3v) is 3.23. The Labute approximate surface area is 102 Å². The van der Waals surface area contributed by atoms with E-state index in [0.29, 0.717) is 10.6 Å². The molecule has 0 aliphatic carbocycles. The average molecular weight is 250 g/mol. The number of hydrogen-bond donors (Lipinski definition) is 0. The van der Waals surface area contributed by atoms with Crippen LogP contribution in [0.15, 0.2) is 24.3 Å². The van der Waals surface area contributed by atoms with Crippen molar-refractivity contribution in [1.82, 2.24) is 0 Å². The van der Waals surface area contributed by atoms with Gasteiger partial charge in [-0.05, 0) is 29.7 Å². The maximum Gasteiger partial charge on any atom is 0.348 e. The number of carbonyl (C=O) groups excluding carboxylic acids is 2. The summed E-state index contributed by atoms with van der Waals surface area (Å²) in [6.07, 6.45) is 0. The highest BCUT2D eigenvalue weighted by Gasteiger charge is 2.11. The van der Waals surface area contributed by atoms with Crippen molar-refractivity contribution in [2.24, 2.45) is 0 Å². The molecule has 1 aromatic carbocycles. The molecule has 0 aliphatic rings. The van der Waals surface area contributed by atoms with Gasteiger partial charge in [0.05, 0.1) is 7.11 Å². The van der Waals surface area contributed by atoms with Crippen molar-refractivity contribution in [1.29, 1.82) is 0 Å². The molecule has 5 heteroatoms. The predicted octanol–water partition coefficient (Wildman–Crippen LogP) is 2.61. The molecule has 4 nitrogen and oxygen atoms in total. The quantitative estimate of drug-likeness (QED) is 0.607. The molecule has 0 fully saturated rings. The lowest BCUT2D eigenvalue weighted by atomic mass is 10.2. The normalized spacial score (nSPS) is 10.2. The van der Waals surface area contributed by atoms with Gasteiger partial charge in [0.2, 0.25) is 0 Å². The first-order valence-electron chi connectivity index (χ1n) is 4.90. The summed E-state index contributed by atoms with van der Waals surface area (Å²) in [5.41, 5.74) is 0. The van der Waals surface area contributed by atoms with Crippen LogP contribution in [-0.2, 0) is 9.53 Å². The van der Waals surface area contributed by atoms with Crippen molar-refractivity contribution >= 4 is 33.4 Å². The van der Waals surface area contributed by atoms with Crippen molar-refractivity contribution < 1.29 is 19.1 Å². The van der Waals surface area contributed by atoms with E-state index in [1.807, 2.05) is 6.07 Å². The number of fused-ring (bicyclic) bond motifs is 1. The van der Waals surface area contributed by atoms with Crippen LogP contribution in [-0.4, -0.2) is 19.0 Å².